The van der Waals surface area contributed by atoms with E-state index in [1.807, 2.05) is 19.1 Å². The molecule has 17 heavy (non-hydrogen) atoms. The molecule has 2 N–H and O–H groups in total. The first kappa shape index (κ1) is 13.4. The molecule has 0 aliphatic carbocycles. The summed E-state index contributed by atoms with van der Waals surface area (Å²) in [6, 6.07) is 7.14. The summed E-state index contributed by atoms with van der Waals surface area (Å²) < 4.78 is 5.42. The van der Waals surface area contributed by atoms with Crippen LogP contribution in [0.2, 0.25) is 0 Å². The predicted octanol–water partition coefficient (Wildman–Crippen LogP) is 1.18. The Kier molecular flexibility index (Phi) is 4.90. The van der Waals surface area contributed by atoms with Gasteiger partial charge in [0.15, 0.2) is 6.61 Å². The van der Waals surface area contributed by atoms with Gasteiger partial charge in [0, 0.05) is 13.6 Å². The van der Waals surface area contributed by atoms with Gasteiger partial charge in [0.2, 0.25) is 0 Å². The van der Waals surface area contributed by atoms with Gasteiger partial charge >= 0.3 is 0 Å². The van der Waals surface area contributed by atoms with E-state index in [9.17, 15) is 4.79 Å². The molecule has 0 radical (unpaired) electrons. The number of nitrogens with two attached hydrogens (primary N) is 1. The molecule has 1 aromatic rings. The molecule has 0 atom stereocenters. The van der Waals surface area contributed by atoms with E-state index in [2.05, 4.69) is 0 Å². The Balaban J connectivity index is 2.69. The number of rotatable bonds is 5. The normalized spacial score (nSPS) is 9.76. The molecule has 1 aromatic carbocycles. The van der Waals surface area contributed by atoms with Crippen molar-refractivity contribution in [3.63, 3.8) is 0 Å². The van der Waals surface area contributed by atoms with Gasteiger partial charge < -0.3 is 15.4 Å². The number of carbonyl (C=O) groups excluding carboxylic acids is 1. The van der Waals surface area contributed by atoms with Crippen LogP contribution in [0.3, 0.4) is 0 Å². The summed E-state index contributed by atoms with van der Waals surface area (Å²) in [5.74, 6) is 0.461. The van der Waals surface area contributed by atoms with E-state index in [0.29, 0.717) is 17.9 Å². The van der Waals surface area contributed by atoms with Crippen molar-refractivity contribution in [1.29, 1.82) is 0 Å². The number of nitrogens with zero attached hydrogens (tertiary/aromatic N) is 1. The van der Waals surface area contributed by atoms with Gasteiger partial charge in [-0.2, -0.15) is 0 Å². The van der Waals surface area contributed by atoms with E-state index in [4.69, 9.17) is 22.7 Å². The third-order valence-corrected chi connectivity index (χ3v) is 2.62. The summed E-state index contributed by atoms with van der Waals surface area (Å²) in [7, 11) is 1.73. The largest absolute Gasteiger partial charge is 0.483 e. The molecule has 0 aliphatic rings. The number of carbonyl (C=O) groups is 1. The van der Waals surface area contributed by atoms with Crippen molar-refractivity contribution in [2.45, 2.75) is 6.92 Å². The van der Waals surface area contributed by atoms with E-state index >= 15 is 0 Å². The molecule has 4 nitrogen and oxygen atoms in total. The molecule has 5 heteroatoms. The van der Waals surface area contributed by atoms with E-state index in [-0.39, 0.29) is 17.5 Å². The number of hydrogen-bond donors (Lipinski definition) is 1. The maximum absolute atomic E-state index is 11.6. The molecule has 0 spiro atoms. The third-order valence-electron chi connectivity index (χ3n) is 2.40. The van der Waals surface area contributed by atoms with Crippen LogP contribution in [-0.4, -0.2) is 36.0 Å². The maximum atomic E-state index is 11.6. The number of hydrogen-bond acceptors (Lipinski definition) is 3. The minimum absolute atomic E-state index is 0.00995. The first-order valence-electron chi connectivity index (χ1n) is 5.31. The van der Waals surface area contributed by atoms with E-state index in [0.717, 1.165) is 0 Å². The van der Waals surface area contributed by atoms with E-state index in [1.165, 1.54) is 0 Å². The number of para-hydroxylation sites is 1. The van der Waals surface area contributed by atoms with Gasteiger partial charge in [-0.15, -0.1) is 0 Å². The summed E-state index contributed by atoms with van der Waals surface area (Å²) in [6.07, 6.45) is 0. The molecule has 0 saturated carbocycles. The highest BCUT2D eigenvalue weighted by atomic mass is 32.1. The van der Waals surface area contributed by atoms with Crippen LogP contribution in [0.1, 0.15) is 12.5 Å². The Morgan fingerprint density at radius 1 is 1.47 bits per heavy atom. The highest BCUT2D eigenvalue weighted by molar-refractivity contribution is 7.80. The molecule has 0 unspecified atom stereocenters. The fraction of sp³-hybridized carbons (Fsp3) is 0.333. The zero-order chi connectivity index (χ0) is 12.8. The van der Waals surface area contributed by atoms with Gasteiger partial charge in [-0.3, -0.25) is 4.79 Å². The lowest BCUT2D eigenvalue weighted by atomic mass is 10.2. The second kappa shape index (κ2) is 6.20. The lowest BCUT2D eigenvalue weighted by Gasteiger charge is -2.15. The highest BCUT2D eigenvalue weighted by Gasteiger charge is 2.10. The van der Waals surface area contributed by atoms with Crippen LogP contribution in [-0.2, 0) is 4.79 Å². The van der Waals surface area contributed by atoms with Crippen LogP contribution < -0.4 is 10.5 Å². The van der Waals surface area contributed by atoms with Gasteiger partial charge in [-0.1, -0.05) is 24.4 Å². The standard InChI is InChI=1S/C12H16N2O2S/c1-3-14(2)11(15)8-16-10-7-5-4-6-9(10)12(13)17/h4-7H,3,8H2,1-2H3,(H2,13,17). The molecular formula is C12H16N2O2S. The molecule has 1 rings (SSSR count). The number of thiocarbonyl (C=S) groups is 1. The first-order valence-corrected chi connectivity index (χ1v) is 5.72. The van der Waals surface area contributed by atoms with Crippen molar-refractivity contribution < 1.29 is 9.53 Å². The molecule has 0 saturated heterocycles. The smallest absolute Gasteiger partial charge is 0.260 e. The summed E-state index contributed by atoms with van der Waals surface area (Å²) in [6.45, 7) is 2.55. The second-order valence-corrected chi connectivity index (χ2v) is 4.00. The topological polar surface area (TPSA) is 55.6 Å². The van der Waals surface area contributed by atoms with Crippen LogP contribution >= 0.6 is 12.2 Å². The van der Waals surface area contributed by atoms with Crippen LogP contribution in [0.5, 0.6) is 5.75 Å². The summed E-state index contributed by atoms with van der Waals surface area (Å²) in [5.41, 5.74) is 6.21. The van der Waals surface area contributed by atoms with Gasteiger partial charge in [0.05, 0.1) is 5.56 Å². The average Bonchev–Trinajstić information content (AvgIpc) is 2.35. The van der Waals surface area contributed by atoms with Crippen molar-refractivity contribution in [3.05, 3.63) is 29.8 Å². The average molecular weight is 252 g/mol. The molecule has 0 fully saturated rings. The van der Waals surface area contributed by atoms with Gasteiger partial charge in [0.25, 0.3) is 5.91 Å². The van der Waals surface area contributed by atoms with Crippen LogP contribution in [0.4, 0.5) is 0 Å². The Morgan fingerprint density at radius 2 is 2.12 bits per heavy atom. The SMILES string of the molecule is CCN(C)C(=O)COc1ccccc1C(N)=S. The Hall–Kier alpha value is -1.62. The Bertz CT molecular complexity index is 421. The lowest BCUT2D eigenvalue weighted by molar-refractivity contribution is -0.131. The highest BCUT2D eigenvalue weighted by Crippen LogP contribution is 2.17. The number of likely N-dealkylation sites (N-methyl/N-ethyl adjacent to an activating group) is 1. The number of ether oxygens (including phenoxy) is 1. The van der Waals surface area contributed by atoms with E-state index < -0.39 is 0 Å². The minimum atomic E-state index is -0.0785. The molecule has 0 bridgehead atoms. The fourth-order valence-corrected chi connectivity index (χ4v) is 1.39. The van der Waals surface area contributed by atoms with Crippen LogP contribution in [0, 0.1) is 0 Å². The Labute approximate surface area is 106 Å². The lowest BCUT2D eigenvalue weighted by Crippen LogP contribution is -2.31. The van der Waals surface area contributed by atoms with Gasteiger partial charge in [-0.25, -0.2) is 0 Å². The van der Waals surface area contributed by atoms with Crippen molar-refractivity contribution in [3.8, 4) is 5.75 Å². The van der Waals surface area contributed by atoms with Crippen molar-refractivity contribution in [2.24, 2.45) is 5.73 Å². The zero-order valence-corrected chi connectivity index (χ0v) is 10.8. The first-order chi connectivity index (χ1) is 8.06. The fourth-order valence-electron chi connectivity index (χ4n) is 1.22. The van der Waals surface area contributed by atoms with Crippen LogP contribution in [0.25, 0.3) is 0 Å². The van der Waals surface area contributed by atoms with Crippen molar-refractivity contribution in [2.75, 3.05) is 20.2 Å². The monoisotopic (exact) mass is 252 g/mol. The number of benzene rings is 1. The molecule has 1 amide bonds. The summed E-state index contributed by atoms with van der Waals surface area (Å²) in [5, 5.41) is 0. The molecular weight excluding hydrogens is 236 g/mol. The second-order valence-electron chi connectivity index (χ2n) is 3.56. The Morgan fingerprint density at radius 3 is 2.71 bits per heavy atom. The quantitative estimate of drug-likeness (QED) is 0.799. The molecule has 0 heterocycles. The maximum Gasteiger partial charge on any atom is 0.260 e. The molecule has 0 aliphatic heterocycles. The van der Waals surface area contributed by atoms with E-state index in [1.54, 1.807) is 24.1 Å². The van der Waals surface area contributed by atoms with Gasteiger partial charge in [-0.05, 0) is 19.1 Å². The van der Waals surface area contributed by atoms with Crippen molar-refractivity contribution >= 4 is 23.1 Å². The third kappa shape index (κ3) is 3.71. The summed E-state index contributed by atoms with van der Waals surface area (Å²) in [4.78, 5) is 13.4. The van der Waals surface area contributed by atoms with Crippen molar-refractivity contribution in [1.82, 2.24) is 4.90 Å². The minimum Gasteiger partial charge on any atom is -0.483 e. The van der Waals surface area contributed by atoms with Gasteiger partial charge in [0.1, 0.15) is 10.7 Å². The number of amides is 1. The summed E-state index contributed by atoms with van der Waals surface area (Å²) >= 11 is 4.91. The predicted molar refractivity (Wildman–Crippen MR) is 71.1 cm³/mol. The molecule has 92 valence electrons. The van der Waals surface area contributed by atoms with Crippen LogP contribution in [0.15, 0.2) is 24.3 Å². The zero-order valence-electron chi connectivity index (χ0n) is 9.97. The molecule has 0 aromatic heterocycles.